The quantitative estimate of drug-likeness (QED) is 0.441. The standard InChI is InChI=1S/C18H34O2/c1-9-13(3)11-18(7,8)16(6)15(5)17(19)20-12-14(4)10-2/h13-14H,9-12H2,1-8H3. The first-order valence-corrected chi connectivity index (χ1v) is 8.00. The highest BCUT2D eigenvalue weighted by atomic mass is 16.5. The maximum atomic E-state index is 12.1. The van der Waals surface area contributed by atoms with Crippen LogP contribution in [0.4, 0.5) is 0 Å². The molecule has 2 nitrogen and oxygen atoms in total. The molecule has 0 rings (SSSR count). The first-order valence-electron chi connectivity index (χ1n) is 8.00. The van der Waals surface area contributed by atoms with Gasteiger partial charge in [0.1, 0.15) is 0 Å². The average Bonchev–Trinajstić information content (AvgIpc) is 2.41. The van der Waals surface area contributed by atoms with Crippen molar-refractivity contribution in [3.63, 3.8) is 0 Å². The lowest BCUT2D eigenvalue weighted by Gasteiger charge is -2.30. The molecule has 0 saturated heterocycles. The second-order valence-corrected chi connectivity index (χ2v) is 6.96. The number of rotatable bonds is 8. The van der Waals surface area contributed by atoms with E-state index in [0.29, 0.717) is 18.4 Å². The van der Waals surface area contributed by atoms with Crippen molar-refractivity contribution in [3.8, 4) is 0 Å². The van der Waals surface area contributed by atoms with Crippen molar-refractivity contribution in [1.29, 1.82) is 0 Å². The van der Waals surface area contributed by atoms with Crippen LogP contribution in [0, 0.1) is 17.3 Å². The molecule has 0 aliphatic heterocycles. The molecule has 0 saturated carbocycles. The van der Waals surface area contributed by atoms with Crippen LogP contribution >= 0.6 is 0 Å². The van der Waals surface area contributed by atoms with Gasteiger partial charge in [0.25, 0.3) is 0 Å². The molecule has 2 heteroatoms. The minimum absolute atomic E-state index is 0.0505. The zero-order valence-corrected chi connectivity index (χ0v) is 14.8. The third kappa shape index (κ3) is 6.11. The maximum Gasteiger partial charge on any atom is 0.333 e. The number of carbonyl (C=O) groups is 1. The van der Waals surface area contributed by atoms with Crippen molar-refractivity contribution in [1.82, 2.24) is 0 Å². The normalized spacial score (nSPS) is 16.4. The molecule has 2 unspecified atom stereocenters. The van der Waals surface area contributed by atoms with E-state index >= 15 is 0 Å². The SMILES string of the molecule is CCC(C)COC(=O)C(C)=C(C)C(C)(C)CC(C)CC. The molecule has 0 aliphatic rings. The summed E-state index contributed by atoms with van der Waals surface area (Å²) in [5, 5.41) is 0. The molecule has 0 bridgehead atoms. The van der Waals surface area contributed by atoms with Crippen LogP contribution in [0.3, 0.4) is 0 Å². The summed E-state index contributed by atoms with van der Waals surface area (Å²) in [6.45, 7) is 17.6. The predicted octanol–water partition coefficient (Wildman–Crippen LogP) is 5.37. The summed E-state index contributed by atoms with van der Waals surface area (Å²) in [5.41, 5.74) is 1.99. The third-order valence-electron chi connectivity index (χ3n) is 4.64. The summed E-state index contributed by atoms with van der Waals surface area (Å²) in [6.07, 6.45) is 3.31. The van der Waals surface area contributed by atoms with E-state index in [9.17, 15) is 4.79 Å². The van der Waals surface area contributed by atoms with E-state index in [0.717, 1.165) is 24.0 Å². The fourth-order valence-corrected chi connectivity index (χ4v) is 2.27. The van der Waals surface area contributed by atoms with Gasteiger partial charge in [-0.3, -0.25) is 0 Å². The van der Waals surface area contributed by atoms with Crippen LogP contribution in [0.5, 0.6) is 0 Å². The number of esters is 1. The minimum atomic E-state index is -0.153. The number of hydrogen-bond acceptors (Lipinski definition) is 2. The summed E-state index contributed by atoms with van der Waals surface area (Å²) in [5.74, 6) is 0.948. The first-order chi connectivity index (χ1) is 9.15. The van der Waals surface area contributed by atoms with Crippen molar-refractivity contribution in [2.24, 2.45) is 17.3 Å². The molecular formula is C18H34O2. The van der Waals surface area contributed by atoms with Crippen LogP contribution < -0.4 is 0 Å². The summed E-state index contributed by atoms with van der Waals surface area (Å²) < 4.78 is 5.41. The number of carbonyl (C=O) groups excluding carboxylic acids is 1. The van der Waals surface area contributed by atoms with Crippen molar-refractivity contribution < 1.29 is 9.53 Å². The number of ether oxygens (including phenoxy) is 1. The van der Waals surface area contributed by atoms with Gasteiger partial charge in [-0.1, -0.05) is 60.0 Å². The van der Waals surface area contributed by atoms with E-state index in [-0.39, 0.29) is 11.4 Å². The Hall–Kier alpha value is -0.790. The Morgan fingerprint density at radius 2 is 1.55 bits per heavy atom. The molecule has 0 aromatic heterocycles. The van der Waals surface area contributed by atoms with Crippen molar-refractivity contribution in [2.75, 3.05) is 6.61 Å². The molecule has 0 fully saturated rings. The van der Waals surface area contributed by atoms with Gasteiger partial charge in [0, 0.05) is 5.57 Å². The molecule has 0 radical (unpaired) electrons. The molecule has 0 N–H and O–H groups in total. The van der Waals surface area contributed by atoms with Crippen LogP contribution in [-0.2, 0) is 9.53 Å². The number of allylic oxidation sites excluding steroid dienone is 1. The lowest BCUT2D eigenvalue weighted by molar-refractivity contribution is -0.140. The molecular weight excluding hydrogens is 248 g/mol. The van der Waals surface area contributed by atoms with E-state index in [1.165, 1.54) is 6.42 Å². The van der Waals surface area contributed by atoms with Gasteiger partial charge >= 0.3 is 5.97 Å². The fraction of sp³-hybridized carbons (Fsp3) is 0.833. The van der Waals surface area contributed by atoms with Gasteiger partial charge in [0.15, 0.2) is 0 Å². The van der Waals surface area contributed by atoms with E-state index in [1.807, 2.05) is 6.92 Å². The van der Waals surface area contributed by atoms with Crippen molar-refractivity contribution in [3.05, 3.63) is 11.1 Å². The zero-order chi connectivity index (χ0) is 15.9. The molecule has 2 atom stereocenters. The van der Waals surface area contributed by atoms with Gasteiger partial charge in [0.2, 0.25) is 0 Å². The molecule has 0 aromatic carbocycles. The second-order valence-electron chi connectivity index (χ2n) is 6.96. The highest BCUT2D eigenvalue weighted by Crippen LogP contribution is 2.36. The van der Waals surface area contributed by atoms with E-state index in [1.54, 1.807) is 0 Å². The highest BCUT2D eigenvalue weighted by molar-refractivity contribution is 5.88. The van der Waals surface area contributed by atoms with Crippen LogP contribution in [0.2, 0.25) is 0 Å². The Morgan fingerprint density at radius 1 is 1.05 bits per heavy atom. The van der Waals surface area contributed by atoms with Crippen LogP contribution in [-0.4, -0.2) is 12.6 Å². The zero-order valence-electron chi connectivity index (χ0n) is 14.8. The Morgan fingerprint density at radius 3 is 2.00 bits per heavy atom. The molecule has 20 heavy (non-hydrogen) atoms. The van der Waals surface area contributed by atoms with E-state index in [2.05, 4.69) is 48.5 Å². The van der Waals surface area contributed by atoms with Gasteiger partial charge < -0.3 is 4.74 Å². The summed E-state index contributed by atoms with van der Waals surface area (Å²) >= 11 is 0. The van der Waals surface area contributed by atoms with Gasteiger partial charge in [-0.15, -0.1) is 0 Å². The molecule has 0 amide bonds. The van der Waals surface area contributed by atoms with Crippen LogP contribution in [0.1, 0.15) is 74.7 Å². The second kappa shape index (κ2) is 8.49. The van der Waals surface area contributed by atoms with Crippen LogP contribution in [0.15, 0.2) is 11.1 Å². The monoisotopic (exact) mass is 282 g/mol. The Labute approximate surface area is 126 Å². The topological polar surface area (TPSA) is 26.3 Å². The Kier molecular flexibility index (Phi) is 8.15. The van der Waals surface area contributed by atoms with Gasteiger partial charge in [0.05, 0.1) is 6.61 Å². The lowest BCUT2D eigenvalue weighted by Crippen LogP contribution is -2.21. The third-order valence-corrected chi connectivity index (χ3v) is 4.64. The molecule has 118 valence electrons. The predicted molar refractivity (Wildman–Crippen MR) is 86.6 cm³/mol. The average molecular weight is 282 g/mol. The van der Waals surface area contributed by atoms with Crippen LogP contribution in [0.25, 0.3) is 0 Å². The summed E-state index contributed by atoms with van der Waals surface area (Å²) in [7, 11) is 0. The maximum absolute atomic E-state index is 12.1. The first kappa shape index (κ1) is 19.2. The van der Waals surface area contributed by atoms with Crippen molar-refractivity contribution >= 4 is 5.97 Å². The summed E-state index contributed by atoms with van der Waals surface area (Å²) in [6, 6.07) is 0. The summed E-state index contributed by atoms with van der Waals surface area (Å²) in [4.78, 5) is 12.1. The largest absolute Gasteiger partial charge is 0.462 e. The highest BCUT2D eigenvalue weighted by Gasteiger charge is 2.26. The number of hydrogen-bond donors (Lipinski definition) is 0. The molecule has 0 heterocycles. The smallest absolute Gasteiger partial charge is 0.333 e. The Bertz CT molecular complexity index is 339. The van der Waals surface area contributed by atoms with Gasteiger partial charge in [-0.05, 0) is 37.5 Å². The van der Waals surface area contributed by atoms with Gasteiger partial charge in [-0.25, -0.2) is 4.79 Å². The van der Waals surface area contributed by atoms with E-state index < -0.39 is 0 Å². The fourth-order valence-electron chi connectivity index (χ4n) is 2.27. The van der Waals surface area contributed by atoms with Gasteiger partial charge in [-0.2, -0.15) is 0 Å². The lowest BCUT2D eigenvalue weighted by atomic mass is 9.75. The molecule has 0 aliphatic carbocycles. The minimum Gasteiger partial charge on any atom is -0.462 e. The Balaban J connectivity index is 4.82. The molecule has 0 spiro atoms. The van der Waals surface area contributed by atoms with Crippen molar-refractivity contribution in [2.45, 2.75) is 74.7 Å². The van der Waals surface area contributed by atoms with E-state index in [4.69, 9.17) is 4.74 Å². The molecule has 0 aromatic rings.